The monoisotopic (exact) mass is 547 g/mol. The highest BCUT2D eigenvalue weighted by Crippen LogP contribution is 2.26. The van der Waals surface area contributed by atoms with E-state index >= 15 is 0 Å². The minimum absolute atomic E-state index is 0.0749. The Hall–Kier alpha value is -4.31. The van der Waals surface area contributed by atoms with E-state index in [0.717, 1.165) is 12.1 Å². The zero-order chi connectivity index (χ0) is 28.4. The molecule has 0 bridgehead atoms. The van der Waals surface area contributed by atoms with Crippen molar-refractivity contribution in [1.29, 1.82) is 0 Å². The largest absolute Gasteiger partial charge is 0.494 e. The third-order valence-electron chi connectivity index (χ3n) is 7.22. The Morgan fingerprint density at radius 2 is 1.85 bits per heavy atom. The quantitative estimate of drug-likeness (QED) is 0.352. The molecule has 2 heterocycles. The van der Waals surface area contributed by atoms with E-state index in [1.165, 1.54) is 6.07 Å². The molecule has 1 fully saturated rings. The number of ether oxygens (including phenoxy) is 1. The Morgan fingerprint density at radius 1 is 1.10 bits per heavy atom. The van der Waals surface area contributed by atoms with Crippen LogP contribution in [0.4, 0.5) is 19.3 Å². The second-order valence-electron chi connectivity index (χ2n) is 9.82. The molecule has 1 aromatic heterocycles. The molecule has 5 rings (SSSR count). The smallest absolute Gasteiger partial charge is 0.322 e. The summed E-state index contributed by atoms with van der Waals surface area (Å²) in [4.78, 5) is 35.4. The highest BCUT2D eigenvalue weighted by atomic mass is 19.1. The fourth-order valence-electron chi connectivity index (χ4n) is 5.12. The molecule has 1 aliphatic rings. The van der Waals surface area contributed by atoms with Crippen LogP contribution in [0.5, 0.6) is 5.75 Å². The lowest BCUT2D eigenvalue weighted by atomic mass is 10.1. The average Bonchev–Trinajstić information content (AvgIpc) is 2.95. The van der Waals surface area contributed by atoms with Crippen LogP contribution in [0.1, 0.15) is 32.6 Å². The summed E-state index contributed by atoms with van der Waals surface area (Å²) >= 11 is 0. The molecule has 1 saturated heterocycles. The Labute approximate surface area is 230 Å². The maximum Gasteiger partial charge on any atom is 0.322 e. The van der Waals surface area contributed by atoms with Crippen molar-refractivity contribution in [2.24, 2.45) is 0 Å². The van der Waals surface area contributed by atoms with Gasteiger partial charge in [-0.3, -0.25) is 14.3 Å². The standard InChI is InChI=1S/C30H31F2N5O3/c1-4-40-23-12-10-22(11-13-23)37-28(33-26-8-6-5-7-24(26)29(37)38)20(3)35-15-16-36(19(2)18-35)30(39)34-27-14-9-21(31)17-25(27)32/h5-14,17,19-20H,4,15-16,18H2,1-3H3,(H,34,39). The van der Waals surface area contributed by atoms with Crippen molar-refractivity contribution in [3.8, 4) is 11.4 Å². The molecule has 208 valence electrons. The molecule has 1 N–H and O–H groups in total. The number of anilines is 1. The molecule has 2 amide bonds. The van der Waals surface area contributed by atoms with Gasteiger partial charge in [-0.05, 0) is 69.3 Å². The van der Waals surface area contributed by atoms with Crippen molar-refractivity contribution < 1.29 is 18.3 Å². The molecular formula is C30H31F2N5O3. The van der Waals surface area contributed by atoms with Gasteiger partial charge in [0, 0.05) is 31.7 Å². The van der Waals surface area contributed by atoms with Crippen LogP contribution in [-0.2, 0) is 0 Å². The highest BCUT2D eigenvalue weighted by Gasteiger charge is 2.32. The molecule has 8 nitrogen and oxygen atoms in total. The summed E-state index contributed by atoms with van der Waals surface area (Å²) < 4.78 is 34.6. The van der Waals surface area contributed by atoms with Crippen LogP contribution in [0.3, 0.4) is 0 Å². The maximum atomic E-state index is 14.1. The number of rotatable bonds is 6. The number of fused-ring (bicyclic) bond motifs is 1. The van der Waals surface area contributed by atoms with Gasteiger partial charge in [-0.2, -0.15) is 0 Å². The van der Waals surface area contributed by atoms with Crippen LogP contribution < -0.4 is 15.6 Å². The Kier molecular flexibility index (Phi) is 7.79. The van der Waals surface area contributed by atoms with E-state index in [0.29, 0.717) is 54.4 Å². The van der Waals surface area contributed by atoms with Crippen molar-refractivity contribution in [2.75, 3.05) is 31.6 Å². The van der Waals surface area contributed by atoms with Crippen LogP contribution in [0.15, 0.2) is 71.5 Å². The van der Waals surface area contributed by atoms with Gasteiger partial charge in [-0.15, -0.1) is 0 Å². The molecular weight excluding hydrogens is 516 g/mol. The molecule has 1 aliphatic heterocycles. The zero-order valence-corrected chi connectivity index (χ0v) is 22.6. The molecule has 10 heteroatoms. The van der Waals surface area contributed by atoms with E-state index in [-0.39, 0.29) is 23.3 Å². The SMILES string of the molecule is CCOc1ccc(-n2c(C(C)N3CCN(C(=O)Nc4ccc(F)cc4F)C(C)C3)nc3ccccc3c2=O)cc1. The molecule has 0 radical (unpaired) electrons. The van der Waals surface area contributed by atoms with Crippen molar-refractivity contribution in [2.45, 2.75) is 32.9 Å². The van der Waals surface area contributed by atoms with Crippen molar-refractivity contribution in [1.82, 2.24) is 19.4 Å². The lowest BCUT2D eigenvalue weighted by Crippen LogP contribution is -2.55. The Bertz CT molecular complexity index is 1590. The third-order valence-corrected chi connectivity index (χ3v) is 7.22. The lowest BCUT2D eigenvalue weighted by Gasteiger charge is -2.42. The number of benzene rings is 3. The number of amides is 2. The number of hydrogen-bond donors (Lipinski definition) is 1. The van der Waals surface area contributed by atoms with Crippen molar-refractivity contribution in [3.63, 3.8) is 0 Å². The first-order valence-electron chi connectivity index (χ1n) is 13.3. The highest BCUT2D eigenvalue weighted by molar-refractivity contribution is 5.89. The summed E-state index contributed by atoms with van der Waals surface area (Å²) in [6.45, 7) is 7.76. The summed E-state index contributed by atoms with van der Waals surface area (Å²) in [6, 6.07) is 16.7. The van der Waals surface area contributed by atoms with Crippen LogP contribution in [-0.4, -0.2) is 57.7 Å². The number of hydrogen-bond acceptors (Lipinski definition) is 5. The number of carbonyl (C=O) groups is 1. The zero-order valence-electron chi connectivity index (χ0n) is 22.6. The van der Waals surface area contributed by atoms with E-state index in [1.54, 1.807) is 15.5 Å². The summed E-state index contributed by atoms with van der Waals surface area (Å²) in [7, 11) is 0. The van der Waals surface area contributed by atoms with Gasteiger partial charge in [0.05, 0.1) is 34.9 Å². The molecule has 2 unspecified atom stereocenters. The maximum absolute atomic E-state index is 14.1. The third kappa shape index (κ3) is 5.40. The van der Waals surface area contributed by atoms with Crippen LogP contribution >= 0.6 is 0 Å². The first-order valence-corrected chi connectivity index (χ1v) is 13.3. The van der Waals surface area contributed by atoms with E-state index in [1.807, 2.05) is 63.2 Å². The summed E-state index contributed by atoms with van der Waals surface area (Å²) in [5, 5.41) is 3.07. The van der Waals surface area contributed by atoms with E-state index in [2.05, 4.69) is 10.2 Å². The number of nitrogens with one attached hydrogen (secondary N) is 1. The number of urea groups is 1. The van der Waals surface area contributed by atoms with Gasteiger partial charge < -0.3 is 15.0 Å². The lowest BCUT2D eigenvalue weighted by molar-refractivity contribution is 0.0801. The normalized spacial score (nSPS) is 16.6. The first kappa shape index (κ1) is 27.3. The number of aromatic nitrogens is 2. The van der Waals surface area contributed by atoms with Gasteiger partial charge in [0.1, 0.15) is 23.2 Å². The van der Waals surface area contributed by atoms with Gasteiger partial charge >= 0.3 is 6.03 Å². The second kappa shape index (κ2) is 11.4. The number of piperazine rings is 1. The fourth-order valence-corrected chi connectivity index (χ4v) is 5.12. The fraction of sp³-hybridized carbons (Fsp3) is 0.300. The van der Waals surface area contributed by atoms with Gasteiger partial charge in [0.25, 0.3) is 5.56 Å². The number of halogens is 2. The number of nitrogens with zero attached hydrogens (tertiary/aromatic N) is 4. The molecule has 0 saturated carbocycles. The van der Waals surface area contributed by atoms with E-state index < -0.39 is 17.7 Å². The molecule has 0 spiro atoms. The molecule has 2 atom stereocenters. The molecule has 4 aromatic rings. The van der Waals surface area contributed by atoms with Gasteiger partial charge in [0.15, 0.2) is 0 Å². The minimum atomic E-state index is -0.831. The van der Waals surface area contributed by atoms with Gasteiger partial charge in [-0.25, -0.2) is 18.6 Å². The minimum Gasteiger partial charge on any atom is -0.494 e. The van der Waals surface area contributed by atoms with Crippen LogP contribution in [0.25, 0.3) is 16.6 Å². The van der Waals surface area contributed by atoms with Gasteiger partial charge in [-0.1, -0.05) is 12.1 Å². The first-order chi connectivity index (χ1) is 19.3. The predicted molar refractivity (Wildman–Crippen MR) is 150 cm³/mol. The Balaban J connectivity index is 1.41. The Morgan fingerprint density at radius 3 is 2.55 bits per heavy atom. The van der Waals surface area contributed by atoms with E-state index in [4.69, 9.17) is 9.72 Å². The summed E-state index contributed by atoms with van der Waals surface area (Å²) in [5.74, 6) is -0.238. The summed E-state index contributed by atoms with van der Waals surface area (Å²) in [6.07, 6.45) is 0. The number of carbonyl (C=O) groups excluding carboxylic acids is 1. The van der Waals surface area contributed by atoms with Crippen molar-refractivity contribution in [3.05, 3.63) is 94.5 Å². The predicted octanol–water partition coefficient (Wildman–Crippen LogP) is 5.36. The topological polar surface area (TPSA) is 79.7 Å². The average molecular weight is 548 g/mol. The summed E-state index contributed by atoms with van der Waals surface area (Å²) in [5.41, 5.74) is 1.06. The molecule has 0 aliphatic carbocycles. The van der Waals surface area contributed by atoms with E-state index in [9.17, 15) is 18.4 Å². The molecule has 3 aromatic carbocycles. The number of para-hydroxylation sites is 1. The van der Waals surface area contributed by atoms with Crippen LogP contribution in [0, 0.1) is 11.6 Å². The molecule has 40 heavy (non-hydrogen) atoms. The van der Waals surface area contributed by atoms with Crippen molar-refractivity contribution >= 4 is 22.6 Å². The van der Waals surface area contributed by atoms with Crippen LogP contribution in [0.2, 0.25) is 0 Å². The second-order valence-corrected chi connectivity index (χ2v) is 9.82. The van der Waals surface area contributed by atoms with Gasteiger partial charge in [0.2, 0.25) is 0 Å².